The number of nitrogens with two attached hydrogens (primary N) is 1. The number of aromatic nitrogens is 1. The number of rotatable bonds is 3. The third-order valence-electron chi connectivity index (χ3n) is 2.68. The number of anilines is 2. The maximum atomic E-state index is 12.2. The molecule has 2 aromatic rings. The van der Waals surface area contributed by atoms with Crippen LogP contribution in [0.3, 0.4) is 0 Å². The zero-order chi connectivity index (χ0) is 13.8. The van der Waals surface area contributed by atoms with Gasteiger partial charge in [0.25, 0.3) is 5.91 Å². The summed E-state index contributed by atoms with van der Waals surface area (Å²) in [7, 11) is 0. The molecule has 98 valence electrons. The van der Waals surface area contributed by atoms with Gasteiger partial charge in [0, 0.05) is 10.6 Å². The lowest BCUT2D eigenvalue weighted by Gasteiger charge is -2.08. The molecule has 0 aliphatic carbocycles. The van der Waals surface area contributed by atoms with E-state index >= 15 is 0 Å². The number of aryl methyl sites for hydroxylation is 1. The Hall–Kier alpha value is -2.01. The van der Waals surface area contributed by atoms with Crippen LogP contribution in [0.1, 0.15) is 16.1 Å². The van der Waals surface area contributed by atoms with Gasteiger partial charge in [0.05, 0.1) is 23.1 Å². The van der Waals surface area contributed by atoms with Crippen LogP contribution in [0.2, 0.25) is 0 Å². The summed E-state index contributed by atoms with van der Waals surface area (Å²) < 4.78 is 0. The highest BCUT2D eigenvalue weighted by Gasteiger charge is 2.10. The largest absolute Gasteiger partial charge is 0.397 e. The molecular weight excluding hydrogens is 258 g/mol. The molecule has 2 rings (SSSR count). The van der Waals surface area contributed by atoms with Crippen molar-refractivity contribution >= 4 is 29.0 Å². The fourth-order valence-corrected chi connectivity index (χ4v) is 2.14. The molecule has 1 aromatic carbocycles. The second-order valence-corrected chi connectivity index (χ2v) is 4.97. The minimum Gasteiger partial charge on any atom is -0.397 e. The van der Waals surface area contributed by atoms with E-state index in [2.05, 4.69) is 10.3 Å². The van der Waals surface area contributed by atoms with E-state index in [0.717, 1.165) is 10.6 Å². The van der Waals surface area contributed by atoms with E-state index in [0.29, 0.717) is 16.9 Å². The fraction of sp³-hybridized carbons (Fsp3) is 0.143. The topological polar surface area (TPSA) is 68.0 Å². The lowest BCUT2D eigenvalue weighted by molar-refractivity contribution is 0.102. The van der Waals surface area contributed by atoms with Crippen LogP contribution in [0, 0.1) is 6.92 Å². The summed E-state index contributed by atoms with van der Waals surface area (Å²) in [5.41, 5.74) is 8.06. The summed E-state index contributed by atoms with van der Waals surface area (Å²) in [4.78, 5) is 17.4. The Morgan fingerprint density at radius 2 is 2.16 bits per heavy atom. The van der Waals surface area contributed by atoms with Crippen molar-refractivity contribution in [1.82, 2.24) is 4.98 Å². The van der Waals surface area contributed by atoms with Gasteiger partial charge in [0.2, 0.25) is 0 Å². The van der Waals surface area contributed by atoms with E-state index in [-0.39, 0.29) is 5.91 Å². The SMILES string of the molecule is CSc1cccc(NC(=O)c2cc(N)cnc2C)c1. The number of nitrogen functional groups attached to an aromatic ring is 1. The van der Waals surface area contributed by atoms with Crippen molar-refractivity contribution in [1.29, 1.82) is 0 Å². The number of thioether (sulfide) groups is 1. The van der Waals surface area contributed by atoms with Gasteiger partial charge in [0.15, 0.2) is 0 Å². The first-order valence-electron chi connectivity index (χ1n) is 5.77. The molecule has 5 heteroatoms. The van der Waals surface area contributed by atoms with Gasteiger partial charge in [-0.25, -0.2) is 0 Å². The normalized spacial score (nSPS) is 10.2. The van der Waals surface area contributed by atoms with Crippen molar-refractivity contribution in [2.24, 2.45) is 0 Å². The average molecular weight is 273 g/mol. The third kappa shape index (κ3) is 3.26. The molecule has 0 aliphatic rings. The van der Waals surface area contributed by atoms with Crippen LogP contribution in [0.15, 0.2) is 41.4 Å². The molecule has 19 heavy (non-hydrogen) atoms. The summed E-state index contributed by atoms with van der Waals surface area (Å²) in [5.74, 6) is -0.199. The Morgan fingerprint density at radius 1 is 1.37 bits per heavy atom. The average Bonchev–Trinajstić information content (AvgIpc) is 2.41. The van der Waals surface area contributed by atoms with Gasteiger partial charge in [-0.05, 0) is 37.4 Å². The molecule has 1 amide bonds. The molecule has 0 atom stereocenters. The quantitative estimate of drug-likeness (QED) is 0.844. The Morgan fingerprint density at radius 3 is 2.89 bits per heavy atom. The highest BCUT2D eigenvalue weighted by atomic mass is 32.2. The minimum absolute atomic E-state index is 0.199. The number of amides is 1. The predicted octanol–water partition coefficient (Wildman–Crippen LogP) is 2.95. The van der Waals surface area contributed by atoms with Crippen molar-refractivity contribution in [3.05, 3.63) is 47.8 Å². The van der Waals surface area contributed by atoms with E-state index in [1.165, 1.54) is 0 Å². The molecule has 0 fully saturated rings. The number of benzene rings is 1. The van der Waals surface area contributed by atoms with Gasteiger partial charge >= 0.3 is 0 Å². The number of pyridine rings is 1. The number of nitrogens with zero attached hydrogens (tertiary/aromatic N) is 1. The first kappa shape index (κ1) is 13.4. The van der Waals surface area contributed by atoms with Crippen molar-refractivity contribution in [3.63, 3.8) is 0 Å². The van der Waals surface area contributed by atoms with Crippen molar-refractivity contribution < 1.29 is 4.79 Å². The predicted molar refractivity (Wildman–Crippen MR) is 79.6 cm³/mol. The number of carbonyl (C=O) groups is 1. The molecule has 1 aromatic heterocycles. The van der Waals surface area contributed by atoms with E-state index in [1.807, 2.05) is 30.5 Å². The Labute approximate surface area is 116 Å². The molecule has 0 saturated carbocycles. The smallest absolute Gasteiger partial charge is 0.257 e. The standard InChI is InChI=1S/C14H15N3OS/c1-9-13(6-10(15)8-16-9)14(18)17-11-4-3-5-12(7-11)19-2/h3-8H,15H2,1-2H3,(H,17,18). The fourth-order valence-electron chi connectivity index (χ4n) is 1.68. The van der Waals surface area contributed by atoms with Crippen LogP contribution in [0.5, 0.6) is 0 Å². The molecule has 0 bridgehead atoms. The lowest BCUT2D eigenvalue weighted by Crippen LogP contribution is -2.14. The first-order valence-corrected chi connectivity index (χ1v) is 7.00. The third-order valence-corrected chi connectivity index (χ3v) is 3.41. The second kappa shape index (κ2) is 5.75. The van der Waals surface area contributed by atoms with Gasteiger partial charge in [-0.3, -0.25) is 9.78 Å². The van der Waals surface area contributed by atoms with Crippen molar-refractivity contribution in [3.8, 4) is 0 Å². The van der Waals surface area contributed by atoms with E-state index in [4.69, 9.17) is 5.73 Å². The van der Waals surface area contributed by atoms with Crippen LogP contribution in [-0.2, 0) is 0 Å². The van der Waals surface area contributed by atoms with Gasteiger partial charge in [0.1, 0.15) is 0 Å². The van der Waals surface area contributed by atoms with Gasteiger partial charge in [-0.1, -0.05) is 6.07 Å². The molecule has 0 unspecified atom stereocenters. The molecule has 1 heterocycles. The highest BCUT2D eigenvalue weighted by Crippen LogP contribution is 2.20. The molecular formula is C14H15N3OS. The molecule has 0 aliphatic heterocycles. The van der Waals surface area contributed by atoms with Gasteiger partial charge in [-0.15, -0.1) is 11.8 Å². The summed E-state index contributed by atoms with van der Waals surface area (Å²) in [6.07, 6.45) is 3.54. The van der Waals surface area contributed by atoms with E-state index in [9.17, 15) is 4.79 Å². The van der Waals surface area contributed by atoms with Crippen LogP contribution < -0.4 is 11.1 Å². The molecule has 0 saturated heterocycles. The minimum atomic E-state index is -0.199. The van der Waals surface area contributed by atoms with E-state index in [1.54, 1.807) is 30.9 Å². The number of hydrogen-bond acceptors (Lipinski definition) is 4. The van der Waals surface area contributed by atoms with Crippen LogP contribution in [0.4, 0.5) is 11.4 Å². The maximum Gasteiger partial charge on any atom is 0.257 e. The lowest BCUT2D eigenvalue weighted by atomic mass is 10.1. The van der Waals surface area contributed by atoms with E-state index < -0.39 is 0 Å². The van der Waals surface area contributed by atoms with Crippen molar-refractivity contribution in [2.45, 2.75) is 11.8 Å². The van der Waals surface area contributed by atoms with Gasteiger partial charge < -0.3 is 11.1 Å². The van der Waals surface area contributed by atoms with Gasteiger partial charge in [-0.2, -0.15) is 0 Å². The Balaban J connectivity index is 2.23. The Kier molecular flexibility index (Phi) is 4.06. The zero-order valence-corrected chi connectivity index (χ0v) is 11.6. The van der Waals surface area contributed by atoms with Crippen molar-refractivity contribution in [2.75, 3.05) is 17.3 Å². The molecule has 0 radical (unpaired) electrons. The first-order chi connectivity index (χ1) is 9.10. The number of nitrogens with one attached hydrogen (secondary N) is 1. The highest BCUT2D eigenvalue weighted by molar-refractivity contribution is 7.98. The number of hydrogen-bond donors (Lipinski definition) is 2. The van der Waals surface area contributed by atoms with Crippen LogP contribution in [0.25, 0.3) is 0 Å². The maximum absolute atomic E-state index is 12.2. The second-order valence-electron chi connectivity index (χ2n) is 4.09. The monoisotopic (exact) mass is 273 g/mol. The van der Waals surface area contributed by atoms with Crippen LogP contribution in [-0.4, -0.2) is 17.1 Å². The summed E-state index contributed by atoms with van der Waals surface area (Å²) in [6.45, 7) is 1.78. The molecule has 3 N–H and O–H groups in total. The Bertz CT molecular complexity index is 613. The van der Waals surface area contributed by atoms with Crippen LogP contribution >= 0.6 is 11.8 Å². The molecule has 0 spiro atoms. The zero-order valence-electron chi connectivity index (χ0n) is 10.8. The summed E-state index contributed by atoms with van der Waals surface area (Å²) in [5, 5.41) is 2.85. The molecule has 4 nitrogen and oxygen atoms in total. The summed E-state index contributed by atoms with van der Waals surface area (Å²) in [6, 6.07) is 9.32. The summed E-state index contributed by atoms with van der Waals surface area (Å²) >= 11 is 1.63. The number of carbonyl (C=O) groups excluding carboxylic acids is 1.